The highest BCUT2D eigenvalue weighted by Crippen LogP contribution is 2.33. The monoisotopic (exact) mass is 397 g/mol. The van der Waals surface area contributed by atoms with Gasteiger partial charge in [-0.05, 0) is 66.1 Å². The third-order valence-corrected chi connectivity index (χ3v) is 7.21. The summed E-state index contributed by atoms with van der Waals surface area (Å²) in [6.45, 7) is 8.00. The van der Waals surface area contributed by atoms with E-state index < -0.39 is 0 Å². The lowest BCUT2D eigenvalue weighted by molar-refractivity contribution is -0.136. The van der Waals surface area contributed by atoms with Gasteiger partial charge < -0.3 is 15.1 Å². The number of carbonyl (C=O) groups is 1. The number of nitrogens with zero attached hydrogens (tertiary/aromatic N) is 4. The van der Waals surface area contributed by atoms with Gasteiger partial charge in [-0.25, -0.2) is 9.97 Å². The highest BCUT2D eigenvalue weighted by molar-refractivity contribution is 5.80. The second-order valence-electron chi connectivity index (χ2n) is 9.19. The maximum atomic E-state index is 13.2. The molecule has 4 rings (SSSR count). The van der Waals surface area contributed by atoms with Crippen LogP contribution in [-0.2, 0) is 17.8 Å². The normalized spacial score (nSPS) is 23.9. The molecule has 1 saturated heterocycles. The molecular formula is C23H35N5O. The molecule has 6 nitrogen and oxygen atoms in total. The predicted molar refractivity (Wildman–Crippen MR) is 116 cm³/mol. The maximum absolute atomic E-state index is 13.2. The molecule has 3 heterocycles. The van der Waals surface area contributed by atoms with E-state index in [0.29, 0.717) is 18.4 Å². The smallest absolute Gasteiger partial charge is 0.226 e. The Morgan fingerprint density at radius 2 is 1.79 bits per heavy atom. The van der Waals surface area contributed by atoms with Gasteiger partial charge in [0.1, 0.15) is 11.6 Å². The zero-order chi connectivity index (χ0) is 20.5. The van der Waals surface area contributed by atoms with E-state index in [9.17, 15) is 4.79 Å². The van der Waals surface area contributed by atoms with Crippen LogP contribution in [0.2, 0.25) is 0 Å². The molecule has 158 valence electrons. The van der Waals surface area contributed by atoms with Crippen LogP contribution in [-0.4, -0.2) is 59.4 Å². The number of allylic oxidation sites excluding steroid dienone is 2. The summed E-state index contributed by atoms with van der Waals surface area (Å²) in [6.07, 6.45) is 6.03. The minimum Gasteiger partial charge on any atom is -0.373 e. The Morgan fingerprint density at radius 1 is 1.03 bits per heavy atom. The fourth-order valence-electron chi connectivity index (χ4n) is 5.00. The number of nitrogens with one attached hydrogen (secondary N) is 1. The summed E-state index contributed by atoms with van der Waals surface area (Å²) in [5.74, 6) is 2.80. The van der Waals surface area contributed by atoms with Crippen molar-refractivity contribution in [1.82, 2.24) is 19.8 Å². The standard InChI is InChI=1S/C23H35N5O/c1-15-5-6-18(13-16(15)2)23(29)28-12-9-20-19(14-28)22(24-3)26-21(25-20)17-7-10-27(4)11-8-17/h17-18H,5-14H2,1-4H3,(H,24,25,26)/t18-/m1/s1. The van der Waals surface area contributed by atoms with Gasteiger partial charge in [0.15, 0.2) is 0 Å². The second kappa shape index (κ2) is 8.42. The van der Waals surface area contributed by atoms with Crippen LogP contribution in [0.4, 0.5) is 5.82 Å². The number of amides is 1. The quantitative estimate of drug-likeness (QED) is 0.793. The van der Waals surface area contributed by atoms with Crippen molar-refractivity contribution < 1.29 is 4.79 Å². The van der Waals surface area contributed by atoms with E-state index in [4.69, 9.17) is 9.97 Å². The lowest BCUT2D eigenvalue weighted by Crippen LogP contribution is -2.41. The molecule has 2 aliphatic heterocycles. The topological polar surface area (TPSA) is 61.4 Å². The van der Waals surface area contributed by atoms with Crippen LogP contribution in [0.1, 0.15) is 69.0 Å². The van der Waals surface area contributed by atoms with E-state index in [-0.39, 0.29) is 5.92 Å². The van der Waals surface area contributed by atoms with Gasteiger partial charge in [-0.2, -0.15) is 0 Å². The first-order valence-electron chi connectivity index (χ1n) is 11.2. The summed E-state index contributed by atoms with van der Waals surface area (Å²) >= 11 is 0. The first-order chi connectivity index (χ1) is 14.0. The van der Waals surface area contributed by atoms with Gasteiger partial charge >= 0.3 is 0 Å². The molecule has 1 aromatic rings. The van der Waals surface area contributed by atoms with Crippen molar-refractivity contribution in [2.24, 2.45) is 5.92 Å². The van der Waals surface area contributed by atoms with Crippen molar-refractivity contribution >= 4 is 11.7 Å². The third-order valence-electron chi connectivity index (χ3n) is 7.21. The number of likely N-dealkylation sites (tertiary alicyclic amines) is 1. The molecule has 29 heavy (non-hydrogen) atoms. The molecule has 1 fully saturated rings. The highest BCUT2D eigenvalue weighted by Gasteiger charge is 2.32. The average Bonchev–Trinajstić information content (AvgIpc) is 2.74. The third kappa shape index (κ3) is 4.18. The Labute approximate surface area is 174 Å². The first kappa shape index (κ1) is 20.3. The predicted octanol–water partition coefficient (Wildman–Crippen LogP) is 3.35. The van der Waals surface area contributed by atoms with E-state index in [2.05, 4.69) is 31.1 Å². The molecule has 1 amide bonds. The van der Waals surface area contributed by atoms with Crippen LogP contribution in [0.3, 0.4) is 0 Å². The summed E-state index contributed by atoms with van der Waals surface area (Å²) in [4.78, 5) is 27.5. The summed E-state index contributed by atoms with van der Waals surface area (Å²) in [6, 6.07) is 0. The van der Waals surface area contributed by atoms with Crippen molar-refractivity contribution in [3.05, 3.63) is 28.2 Å². The Kier molecular flexibility index (Phi) is 5.91. The molecule has 0 aromatic carbocycles. The number of piperidine rings is 1. The second-order valence-corrected chi connectivity index (χ2v) is 9.19. The van der Waals surface area contributed by atoms with Crippen LogP contribution in [0.5, 0.6) is 0 Å². The van der Waals surface area contributed by atoms with Gasteiger partial charge in [0.25, 0.3) is 0 Å². The maximum Gasteiger partial charge on any atom is 0.226 e. The van der Waals surface area contributed by atoms with Crippen molar-refractivity contribution in [1.29, 1.82) is 0 Å². The minimum atomic E-state index is 0.137. The number of fused-ring (bicyclic) bond motifs is 1. The van der Waals surface area contributed by atoms with Gasteiger partial charge in [-0.15, -0.1) is 0 Å². The molecule has 3 aliphatic rings. The lowest BCUT2D eigenvalue weighted by atomic mass is 9.84. The van der Waals surface area contributed by atoms with E-state index in [1.807, 2.05) is 11.9 Å². The van der Waals surface area contributed by atoms with E-state index >= 15 is 0 Å². The Hall–Kier alpha value is -1.95. The van der Waals surface area contributed by atoms with Gasteiger partial charge in [-0.3, -0.25) is 4.79 Å². The zero-order valence-corrected chi connectivity index (χ0v) is 18.4. The Morgan fingerprint density at radius 3 is 2.48 bits per heavy atom. The average molecular weight is 398 g/mol. The Bertz CT molecular complexity index is 792. The molecule has 0 saturated carbocycles. The van der Waals surface area contributed by atoms with Crippen LogP contribution in [0, 0.1) is 5.92 Å². The molecule has 0 bridgehead atoms. The highest BCUT2D eigenvalue weighted by atomic mass is 16.2. The summed E-state index contributed by atoms with van der Waals surface area (Å²) in [5.41, 5.74) is 5.11. The van der Waals surface area contributed by atoms with Crippen LogP contribution in [0.15, 0.2) is 11.1 Å². The van der Waals surface area contributed by atoms with Crippen molar-refractivity contribution in [2.75, 3.05) is 39.0 Å². The van der Waals surface area contributed by atoms with E-state index in [1.54, 1.807) is 0 Å². The molecule has 1 atom stereocenters. The number of hydrogen-bond acceptors (Lipinski definition) is 5. The fraction of sp³-hybridized carbons (Fsp3) is 0.696. The lowest BCUT2D eigenvalue weighted by Gasteiger charge is -2.34. The molecule has 1 aromatic heterocycles. The molecule has 0 spiro atoms. The van der Waals surface area contributed by atoms with Crippen molar-refractivity contribution in [2.45, 2.75) is 64.8 Å². The van der Waals surface area contributed by atoms with Gasteiger partial charge in [0.05, 0.1) is 12.2 Å². The van der Waals surface area contributed by atoms with Gasteiger partial charge in [0.2, 0.25) is 5.91 Å². The summed E-state index contributed by atoms with van der Waals surface area (Å²) in [5, 5.41) is 3.29. The fourth-order valence-corrected chi connectivity index (χ4v) is 5.00. The number of carbonyl (C=O) groups excluding carboxylic acids is 1. The molecule has 1 aliphatic carbocycles. The van der Waals surface area contributed by atoms with Crippen LogP contribution < -0.4 is 5.32 Å². The van der Waals surface area contributed by atoms with Crippen LogP contribution in [0.25, 0.3) is 0 Å². The molecule has 0 unspecified atom stereocenters. The van der Waals surface area contributed by atoms with Crippen molar-refractivity contribution in [3.63, 3.8) is 0 Å². The van der Waals surface area contributed by atoms with Gasteiger partial charge in [0, 0.05) is 37.4 Å². The van der Waals surface area contributed by atoms with Gasteiger partial charge in [-0.1, -0.05) is 11.1 Å². The largest absolute Gasteiger partial charge is 0.373 e. The number of rotatable bonds is 3. The minimum absolute atomic E-state index is 0.137. The number of anilines is 1. The number of aromatic nitrogens is 2. The SMILES string of the molecule is CNc1nc(C2CCN(C)CC2)nc2c1CN(C(=O)[C@@H]1CCC(C)=C(C)C1)CC2. The van der Waals surface area contributed by atoms with Crippen molar-refractivity contribution in [3.8, 4) is 0 Å². The molecular weight excluding hydrogens is 362 g/mol. The first-order valence-corrected chi connectivity index (χ1v) is 11.2. The summed E-state index contributed by atoms with van der Waals surface area (Å²) in [7, 11) is 4.11. The zero-order valence-electron chi connectivity index (χ0n) is 18.4. The number of hydrogen-bond donors (Lipinski definition) is 1. The summed E-state index contributed by atoms with van der Waals surface area (Å²) < 4.78 is 0. The van der Waals surface area contributed by atoms with E-state index in [0.717, 1.165) is 81.1 Å². The Balaban J connectivity index is 1.51. The molecule has 1 N–H and O–H groups in total. The van der Waals surface area contributed by atoms with Crippen LogP contribution >= 0.6 is 0 Å². The molecule has 0 radical (unpaired) electrons. The van der Waals surface area contributed by atoms with E-state index in [1.165, 1.54) is 11.1 Å². The molecule has 6 heteroatoms.